The molecule has 22 heavy (non-hydrogen) atoms. The maximum absolute atomic E-state index is 12.4. The van der Waals surface area contributed by atoms with Crippen LogP contribution in [-0.2, 0) is 0 Å². The number of piperidine rings is 1. The van der Waals surface area contributed by atoms with Crippen molar-refractivity contribution < 1.29 is 9.90 Å². The van der Waals surface area contributed by atoms with Crippen LogP contribution in [0.4, 0.5) is 10.5 Å². The minimum atomic E-state index is -0.284. The summed E-state index contributed by atoms with van der Waals surface area (Å²) in [4.78, 5) is 15.4. The number of amides is 2. The number of carbonyl (C=O) groups is 1. The van der Waals surface area contributed by atoms with E-state index in [1.165, 1.54) is 0 Å². The minimum absolute atomic E-state index is 0.0409. The summed E-state index contributed by atoms with van der Waals surface area (Å²) in [5, 5.41) is 13.1. The van der Waals surface area contributed by atoms with Crippen LogP contribution >= 0.6 is 11.8 Å². The first-order chi connectivity index (χ1) is 10.5. The Balaban J connectivity index is 1.95. The average molecular weight is 322 g/mol. The van der Waals surface area contributed by atoms with E-state index in [9.17, 15) is 9.90 Å². The van der Waals surface area contributed by atoms with E-state index in [1.807, 2.05) is 36.1 Å². The van der Waals surface area contributed by atoms with Gasteiger partial charge in [0.1, 0.15) is 0 Å². The summed E-state index contributed by atoms with van der Waals surface area (Å²) in [5.74, 6) is 0.313. The lowest BCUT2D eigenvalue weighted by Gasteiger charge is -2.33. The zero-order chi connectivity index (χ0) is 16.1. The van der Waals surface area contributed by atoms with Crippen LogP contribution in [0.15, 0.2) is 29.2 Å². The molecule has 1 unspecified atom stereocenters. The number of aliphatic hydroxyl groups excluding tert-OH is 1. The Hall–Kier alpha value is -1.20. The highest BCUT2D eigenvalue weighted by Gasteiger charge is 2.25. The molecule has 1 heterocycles. The third kappa shape index (κ3) is 4.65. The third-order valence-corrected chi connectivity index (χ3v) is 5.08. The smallest absolute Gasteiger partial charge is 0.321 e. The molecule has 0 bridgehead atoms. The lowest BCUT2D eigenvalue weighted by atomic mass is 9.92. The number of nitrogens with zero attached hydrogens (tertiary/aromatic N) is 1. The summed E-state index contributed by atoms with van der Waals surface area (Å²) in [6.07, 6.45) is 1.45. The summed E-state index contributed by atoms with van der Waals surface area (Å²) in [6.45, 7) is 7.54. The number of anilines is 1. The number of hydrogen-bond acceptors (Lipinski definition) is 3. The van der Waals surface area contributed by atoms with Crippen molar-refractivity contribution in [2.45, 2.75) is 49.9 Å². The molecule has 0 aliphatic carbocycles. The average Bonchev–Trinajstić information content (AvgIpc) is 2.48. The van der Waals surface area contributed by atoms with Crippen molar-refractivity contribution in [3.05, 3.63) is 24.3 Å². The number of hydrogen-bond donors (Lipinski definition) is 2. The summed E-state index contributed by atoms with van der Waals surface area (Å²) >= 11 is 1.75. The second-order valence-corrected chi connectivity index (χ2v) is 7.78. The van der Waals surface area contributed by atoms with Crippen LogP contribution in [-0.4, -0.2) is 40.5 Å². The van der Waals surface area contributed by atoms with E-state index in [1.54, 1.807) is 11.8 Å². The van der Waals surface area contributed by atoms with E-state index < -0.39 is 0 Å². The monoisotopic (exact) mass is 322 g/mol. The Kier molecular flexibility index (Phi) is 6.15. The van der Waals surface area contributed by atoms with Crippen LogP contribution in [0.1, 0.15) is 33.6 Å². The molecule has 1 aliphatic rings. The van der Waals surface area contributed by atoms with Crippen LogP contribution in [0.5, 0.6) is 0 Å². The first-order valence-electron chi connectivity index (χ1n) is 7.97. The maximum atomic E-state index is 12.4. The van der Waals surface area contributed by atoms with Crippen molar-refractivity contribution in [2.75, 3.05) is 18.4 Å². The van der Waals surface area contributed by atoms with Gasteiger partial charge in [0.25, 0.3) is 0 Å². The molecule has 2 amide bonds. The van der Waals surface area contributed by atoms with Crippen molar-refractivity contribution in [1.82, 2.24) is 4.90 Å². The second-order valence-electron chi connectivity index (χ2n) is 6.16. The first kappa shape index (κ1) is 17.2. The normalized spacial score (nSPS) is 17.6. The summed E-state index contributed by atoms with van der Waals surface area (Å²) in [7, 11) is 0. The van der Waals surface area contributed by atoms with Crippen LogP contribution in [0.25, 0.3) is 0 Å². The number of benzene rings is 1. The molecule has 1 aliphatic heterocycles. The van der Waals surface area contributed by atoms with Gasteiger partial charge < -0.3 is 15.3 Å². The molecule has 1 saturated heterocycles. The quantitative estimate of drug-likeness (QED) is 0.829. The van der Waals surface area contributed by atoms with Gasteiger partial charge in [-0.1, -0.05) is 26.0 Å². The van der Waals surface area contributed by atoms with Gasteiger partial charge in [0.2, 0.25) is 0 Å². The van der Waals surface area contributed by atoms with Crippen LogP contribution in [0.3, 0.4) is 0 Å². The molecule has 2 rings (SSSR count). The van der Waals surface area contributed by atoms with Gasteiger partial charge >= 0.3 is 6.03 Å². The molecule has 1 aromatic carbocycles. The third-order valence-electron chi connectivity index (χ3n) is 4.00. The Labute approximate surface area is 137 Å². The fraction of sp³-hybridized carbons (Fsp3) is 0.588. The van der Waals surface area contributed by atoms with E-state index in [0.29, 0.717) is 24.3 Å². The predicted molar refractivity (Wildman–Crippen MR) is 92.4 cm³/mol. The maximum Gasteiger partial charge on any atom is 0.321 e. The molecule has 0 aromatic heterocycles. The van der Waals surface area contributed by atoms with Crippen molar-refractivity contribution in [3.63, 3.8) is 0 Å². The van der Waals surface area contributed by atoms with Crippen molar-refractivity contribution in [3.8, 4) is 0 Å². The van der Waals surface area contributed by atoms with Crippen LogP contribution < -0.4 is 5.32 Å². The van der Waals surface area contributed by atoms with Gasteiger partial charge in [-0.25, -0.2) is 4.79 Å². The highest BCUT2D eigenvalue weighted by molar-refractivity contribution is 8.00. The molecule has 1 aromatic rings. The predicted octanol–water partition coefficient (Wildman–Crippen LogP) is 3.81. The highest BCUT2D eigenvalue weighted by atomic mass is 32.2. The molecular formula is C17H26N2O2S. The molecule has 5 heteroatoms. The van der Waals surface area contributed by atoms with Gasteiger partial charge in [-0.05, 0) is 37.8 Å². The molecule has 122 valence electrons. The molecular weight excluding hydrogens is 296 g/mol. The second kappa shape index (κ2) is 7.88. The van der Waals surface area contributed by atoms with E-state index >= 15 is 0 Å². The Bertz CT molecular complexity index is 497. The van der Waals surface area contributed by atoms with Gasteiger partial charge in [0.15, 0.2) is 0 Å². The molecule has 1 atom stereocenters. The fourth-order valence-electron chi connectivity index (χ4n) is 2.71. The number of nitrogens with one attached hydrogen (secondary N) is 1. The molecule has 2 N–H and O–H groups in total. The number of aliphatic hydroxyl groups is 1. The largest absolute Gasteiger partial charge is 0.393 e. The fourth-order valence-corrected chi connectivity index (χ4v) is 3.62. The van der Waals surface area contributed by atoms with Gasteiger partial charge in [0.05, 0.1) is 11.8 Å². The topological polar surface area (TPSA) is 52.6 Å². The summed E-state index contributed by atoms with van der Waals surface area (Å²) in [5.41, 5.74) is 0.879. The van der Waals surface area contributed by atoms with E-state index in [4.69, 9.17) is 0 Å². The lowest BCUT2D eigenvalue weighted by molar-refractivity contribution is 0.0820. The lowest BCUT2D eigenvalue weighted by Crippen LogP contribution is -2.42. The first-order valence-corrected chi connectivity index (χ1v) is 8.85. The molecule has 0 spiro atoms. The number of urea groups is 1. The zero-order valence-corrected chi connectivity index (χ0v) is 14.4. The Morgan fingerprint density at radius 2 is 1.91 bits per heavy atom. The minimum Gasteiger partial charge on any atom is -0.393 e. The standard InChI is InChI=1S/C17H26N2O2S/c1-12(2)22-16-7-5-4-6-15(16)18-17(21)19-10-8-14(9-11-19)13(3)20/h4-7,12-14,20H,8-11H2,1-3H3,(H,18,21). The number of likely N-dealkylation sites (tertiary alicyclic amines) is 1. The van der Waals surface area contributed by atoms with Crippen molar-refractivity contribution in [1.29, 1.82) is 0 Å². The summed E-state index contributed by atoms with van der Waals surface area (Å²) in [6, 6.07) is 7.89. The highest BCUT2D eigenvalue weighted by Crippen LogP contribution is 2.30. The zero-order valence-electron chi connectivity index (χ0n) is 13.6. The van der Waals surface area contributed by atoms with Gasteiger partial charge in [-0.3, -0.25) is 0 Å². The Morgan fingerprint density at radius 1 is 1.27 bits per heavy atom. The van der Waals surface area contributed by atoms with Gasteiger partial charge in [0, 0.05) is 23.2 Å². The van der Waals surface area contributed by atoms with E-state index in [-0.39, 0.29) is 12.1 Å². The molecule has 1 fully saturated rings. The van der Waals surface area contributed by atoms with E-state index in [0.717, 1.165) is 23.4 Å². The molecule has 4 nitrogen and oxygen atoms in total. The summed E-state index contributed by atoms with van der Waals surface area (Å²) < 4.78 is 0. The van der Waals surface area contributed by atoms with Crippen molar-refractivity contribution in [2.24, 2.45) is 5.92 Å². The van der Waals surface area contributed by atoms with E-state index in [2.05, 4.69) is 19.2 Å². The number of para-hydroxylation sites is 1. The van der Waals surface area contributed by atoms with Gasteiger partial charge in [-0.2, -0.15) is 0 Å². The Morgan fingerprint density at radius 3 is 2.50 bits per heavy atom. The van der Waals surface area contributed by atoms with Crippen molar-refractivity contribution >= 4 is 23.5 Å². The molecule has 0 saturated carbocycles. The number of rotatable bonds is 4. The number of carbonyl (C=O) groups excluding carboxylic acids is 1. The van der Waals surface area contributed by atoms with Gasteiger partial charge in [-0.15, -0.1) is 11.8 Å². The molecule has 0 radical (unpaired) electrons. The number of thioether (sulfide) groups is 1. The van der Waals surface area contributed by atoms with Crippen LogP contribution in [0, 0.1) is 5.92 Å². The van der Waals surface area contributed by atoms with Crippen LogP contribution in [0.2, 0.25) is 0 Å². The SMILES string of the molecule is CC(C)Sc1ccccc1NC(=O)N1CCC(C(C)O)CC1.